The SMILES string of the molecule is O=C1C2C(c3cc(Br)ccc3O)NC(Cc3ccc([N+](=O)[O-])cc3)(C(=O)O)C2C(=O)N1C1CCCCC1. The molecule has 3 aliphatic rings. The van der Waals surface area contributed by atoms with Gasteiger partial charge >= 0.3 is 5.97 Å². The highest BCUT2D eigenvalue weighted by atomic mass is 79.9. The van der Waals surface area contributed by atoms with Crippen LogP contribution in [0.5, 0.6) is 5.75 Å². The fraction of sp³-hybridized carbons (Fsp3) is 0.423. The summed E-state index contributed by atoms with van der Waals surface area (Å²) >= 11 is 3.37. The summed E-state index contributed by atoms with van der Waals surface area (Å²) in [5, 5.41) is 35.4. The molecule has 3 fully saturated rings. The van der Waals surface area contributed by atoms with Gasteiger partial charge in [0.2, 0.25) is 11.8 Å². The van der Waals surface area contributed by atoms with Crippen molar-refractivity contribution in [2.45, 2.75) is 56.1 Å². The maximum atomic E-state index is 13.9. The van der Waals surface area contributed by atoms with E-state index >= 15 is 0 Å². The van der Waals surface area contributed by atoms with Crippen LogP contribution in [0.25, 0.3) is 0 Å². The summed E-state index contributed by atoms with van der Waals surface area (Å²) in [7, 11) is 0. The lowest BCUT2D eigenvalue weighted by molar-refractivity contribution is -0.384. The fourth-order valence-electron chi connectivity index (χ4n) is 6.26. The van der Waals surface area contributed by atoms with Crippen molar-refractivity contribution in [1.82, 2.24) is 10.2 Å². The number of rotatable bonds is 6. The third-order valence-electron chi connectivity index (χ3n) is 7.96. The Kier molecular flexibility index (Phi) is 6.53. The molecule has 0 radical (unpaired) electrons. The average molecular weight is 572 g/mol. The number of carboxylic acid groups (broad SMARTS) is 1. The van der Waals surface area contributed by atoms with Gasteiger partial charge in [0.25, 0.3) is 5.69 Å². The van der Waals surface area contributed by atoms with Gasteiger partial charge in [-0.1, -0.05) is 47.3 Å². The van der Waals surface area contributed by atoms with E-state index in [2.05, 4.69) is 21.2 Å². The number of fused-ring (bicyclic) bond motifs is 1. The number of amides is 2. The first-order chi connectivity index (χ1) is 17.6. The van der Waals surface area contributed by atoms with Crippen molar-refractivity contribution in [3.8, 4) is 5.75 Å². The zero-order chi connectivity index (χ0) is 26.5. The number of nitrogens with zero attached hydrogens (tertiary/aromatic N) is 2. The van der Waals surface area contributed by atoms with Gasteiger partial charge in [-0.05, 0) is 36.6 Å². The summed E-state index contributed by atoms with van der Waals surface area (Å²) in [5.41, 5.74) is -1.22. The second-order valence-corrected chi connectivity index (χ2v) is 11.0. The number of imide groups is 1. The predicted molar refractivity (Wildman–Crippen MR) is 135 cm³/mol. The van der Waals surface area contributed by atoms with E-state index in [1.54, 1.807) is 12.1 Å². The minimum Gasteiger partial charge on any atom is -0.508 e. The highest BCUT2D eigenvalue weighted by Crippen LogP contribution is 2.52. The van der Waals surface area contributed by atoms with E-state index in [-0.39, 0.29) is 23.9 Å². The number of hydrogen-bond donors (Lipinski definition) is 3. The number of aromatic hydroxyl groups is 1. The number of carboxylic acids is 1. The smallest absolute Gasteiger partial charge is 0.325 e. The Labute approximate surface area is 220 Å². The van der Waals surface area contributed by atoms with E-state index in [9.17, 15) is 34.7 Å². The van der Waals surface area contributed by atoms with E-state index in [0.717, 1.165) is 19.3 Å². The van der Waals surface area contributed by atoms with Crippen LogP contribution in [-0.2, 0) is 20.8 Å². The third kappa shape index (κ3) is 4.19. The van der Waals surface area contributed by atoms with Crippen LogP contribution in [0.2, 0.25) is 0 Å². The molecular formula is C26H26BrN3O7. The number of phenolic OH excluding ortho intramolecular Hbond substituents is 1. The monoisotopic (exact) mass is 571 g/mol. The highest BCUT2D eigenvalue weighted by Gasteiger charge is 2.69. The minimum absolute atomic E-state index is 0.118. The summed E-state index contributed by atoms with van der Waals surface area (Å²) < 4.78 is 0.628. The van der Waals surface area contributed by atoms with Gasteiger partial charge in [0, 0.05) is 40.7 Å². The van der Waals surface area contributed by atoms with E-state index in [4.69, 9.17) is 0 Å². The van der Waals surface area contributed by atoms with Crippen LogP contribution in [0, 0.1) is 22.0 Å². The van der Waals surface area contributed by atoms with E-state index in [0.29, 0.717) is 28.4 Å². The molecule has 2 saturated heterocycles. The summed E-state index contributed by atoms with van der Waals surface area (Å²) in [4.78, 5) is 52.6. The zero-order valence-electron chi connectivity index (χ0n) is 19.8. The lowest BCUT2D eigenvalue weighted by Crippen LogP contribution is -2.58. The Bertz CT molecular complexity index is 1280. The van der Waals surface area contributed by atoms with Gasteiger partial charge in [0.15, 0.2) is 0 Å². The number of benzene rings is 2. The number of phenols is 1. The van der Waals surface area contributed by atoms with Crippen molar-refractivity contribution >= 4 is 39.4 Å². The molecule has 2 aromatic carbocycles. The van der Waals surface area contributed by atoms with E-state index < -0.39 is 46.1 Å². The lowest BCUT2D eigenvalue weighted by Gasteiger charge is -2.34. The molecule has 4 atom stereocenters. The Morgan fingerprint density at radius 2 is 1.78 bits per heavy atom. The number of non-ortho nitro benzene ring substituents is 1. The molecule has 11 heteroatoms. The quantitative estimate of drug-likeness (QED) is 0.270. The zero-order valence-corrected chi connectivity index (χ0v) is 21.4. The molecule has 1 aliphatic carbocycles. The van der Waals surface area contributed by atoms with Gasteiger partial charge in [0.05, 0.1) is 16.8 Å². The highest BCUT2D eigenvalue weighted by molar-refractivity contribution is 9.10. The molecule has 4 unspecified atom stereocenters. The molecule has 2 aliphatic heterocycles. The Morgan fingerprint density at radius 1 is 1.11 bits per heavy atom. The molecule has 5 rings (SSSR count). The van der Waals surface area contributed by atoms with Gasteiger partial charge < -0.3 is 10.2 Å². The third-order valence-corrected chi connectivity index (χ3v) is 8.46. The van der Waals surface area contributed by atoms with Crippen LogP contribution in [0.1, 0.15) is 49.3 Å². The van der Waals surface area contributed by atoms with Crippen LogP contribution >= 0.6 is 15.9 Å². The van der Waals surface area contributed by atoms with Gasteiger partial charge in [-0.3, -0.25) is 34.7 Å². The van der Waals surface area contributed by atoms with Crippen LogP contribution in [0.15, 0.2) is 46.9 Å². The predicted octanol–water partition coefficient (Wildman–Crippen LogP) is 3.71. The van der Waals surface area contributed by atoms with E-state index in [1.807, 2.05) is 0 Å². The molecule has 10 nitrogen and oxygen atoms in total. The van der Waals surface area contributed by atoms with Crippen LogP contribution in [-0.4, -0.2) is 49.4 Å². The number of carbonyl (C=O) groups excluding carboxylic acids is 2. The Morgan fingerprint density at radius 3 is 2.41 bits per heavy atom. The van der Waals surface area contributed by atoms with Gasteiger partial charge in [-0.2, -0.15) is 0 Å². The summed E-state index contributed by atoms with van der Waals surface area (Å²) in [6.45, 7) is 0. The maximum Gasteiger partial charge on any atom is 0.325 e. The number of likely N-dealkylation sites (tertiary alicyclic amines) is 1. The molecule has 2 aromatic rings. The van der Waals surface area contributed by atoms with Crippen molar-refractivity contribution < 1.29 is 29.5 Å². The standard InChI is InChI=1S/C26H26BrN3O7/c27-15-8-11-19(31)18(12-15)22-20-21(24(33)29(23(20)32)16-4-2-1-3-5-16)26(28-22,25(34)35)13-14-6-9-17(10-7-14)30(36)37/h6-12,16,20-22,28,31H,1-5,13H2,(H,34,35). The number of halogens is 1. The van der Waals surface area contributed by atoms with Gasteiger partial charge in [-0.15, -0.1) is 0 Å². The first-order valence-corrected chi connectivity index (χ1v) is 13.0. The normalized spacial score (nSPS) is 27.9. The number of nitro benzene ring substituents is 1. The summed E-state index contributed by atoms with van der Waals surface area (Å²) in [5.74, 6) is -4.60. The second kappa shape index (κ2) is 9.53. The molecule has 2 amide bonds. The lowest BCUT2D eigenvalue weighted by atomic mass is 9.76. The average Bonchev–Trinajstić information content (AvgIpc) is 3.35. The molecule has 3 N–H and O–H groups in total. The van der Waals surface area contributed by atoms with Crippen molar-refractivity contribution in [3.63, 3.8) is 0 Å². The molecule has 194 valence electrons. The minimum atomic E-state index is -1.86. The van der Waals surface area contributed by atoms with Crippen LogP contribution < -0.4 is 5.32 Å². The number of hydrogen-bond acceptors (Lipinski definition) is 7. The van der Waals surface area contributed by atoms with Crippen LogP contribution in [0.3, 0.4) is 0 Å². The topological polar surface area (TPSA) is 150 Å². The van der Waals surface area contributed by atoms with Gasteiger partial charge in [0.1, 0.15) is 11.3 Å². The summed E-state index contributed by atoms with van der Waals surface area (Å²) in [6, 6.07) is 8.98. The number of carbonyl (C=O) groups is 3. The molecule has 0 spiro atoms. The molecule has 1 saturated carbocycles. The molecule has 2 heterocycles. The van der Waals surface area contributed by atoms with Crippen molar-refractivity contribution in [2.24, 2.45) is 11.8 Å². The number of aliphatic carboxylic acids is 1. The molecular weight excluding hydrogens is 546 g/mol. The van der Waals surface area contributed by atoms with E-state index in [1.165, 1.54) is 35.2 Å². The molecule has 0 bridgehead atoms. The van der Waals surface area contributed by atoms with Crippen molar-refractivity contribution in [2.75, 3.05) is 0 Å². The molecule has 37 heavy (non-hydrogen) atoms. The Balaban J connectivity index is 1.62. The first-order valence-electron chi connectivity index (χ1n) is 12.2. The number of nitrogens with one attached hydrogen (secondary N) is 1. The van der Waals surface area contributed by atoms with Gasteiger partial charge in [-0.25, -0.2) is 0 Å². The van der Waals surface area contributed by atoms with Crippen LogP contribution in [0.4, 0.5) is 5.69 Å². The second-order valence-electron chi connectivity index (χ2n) is 10.0. The van der Waals surface area contributed by atoms with Crippen molar-refractivity contribution in [1.29, 1.82) is 0 Å². The first kappa shape index (κ1) is 25.3. The van der Waals surface area contributed by atoms with Crippen molar-refractivity contribution in [3.05, 3.63) is 68.2 Å². The molecule has 0 aromatic heterocycles. The number of nitro groups is 1. The fourth-order valence-corrected chi connectivity index (χ4v) is 6.64. The Hall–Kier alpha value is -3.31. The summed E-state index contributed by atoms with van der Waals surface area (Å²) in [6.07, 6.45) is 3.98. The largest absolute Gasteiger partial charge is 0.508 e. The maximum absolute atomic E-state index is 13.9.